The number of likely N-dealkylation sites (tertiary alicyclic amines) is 1. The van der Waals surface area contributed by atoms with E-state index in [9.17, 15) is 4.79 Å². The van der Waals surface area contributed by atoms with Crippen molar-refractivity contribution in [1.82, 2.24) is 9.88 Å². The largest absolute Gasteiger partial charge is 0.302 e. The normalized spacial score (nSPS) is 15.6. The van der Waals surface area contributed by atoms with E-state index in [1.165, 1.54) is 31.1 Å². The SMILES string of the molecule is CC(=O)Nc1nc(-c2ccc(Cl)cc2)c(CN2CCCCC2)s1. The van der Waals surface area contributed by atoms with Gasteiger partial charge in [0.2, 0.25) is 5.91 Å². The van der Waals surface area contributed by atoms with E-state index in [-0.39, 0.29) is 5.91 Å². The summed E-state index contributed by atoms with van der Waals surface area (Å²) in [4.78, 5) is 19.6. The number of anilines is 1. The third-order valence-electron chi connectivity index (χ3n) is 3.91. The van der Waals surface area contributed by atoms with Crippen LogP contribution < -0.4 is 5.32 Å². The van der Waals surface area contributed by atoms with Crippen molar-refractivity contribution in [3.8, 4) is 11.3 Å². The van der Waals surface area contributed by atoms with Gasteiger partial charge in [-0.1, -0.05) is 41.5 Å². The molecule has 1 fully saturated rings. The number of halogens is 1. The molecule has 1 aliphatic heterocycles. The average molecular weight is 350 g/mol. The molecule has 0 saturated carbocycles. The highest BCUT2D eigenvalue weighted by atomic mass is 35.5. The lowest BCUT2D eigenvalue weighted by atomic mass is 10.1. The monoisotopic (exact) mass is 349 g/mol. The Morgan fingerprint density at radius 2 is 1.96 bits per heavy atom. The van der Waals surface area contributed by atoms with Crippen LogP contribution in [-0.4, -0.2) is 28.9 Å². The van der Waals surface area contributed by atoms with Crippen molar-refractivity contribution in [2.75, 3.05) is 18.4 Å². The van der Waals surface area contributed by atoms with Crippen LogP contribution in [0.25, 0.3) is 11.3 Å². The smallest absolute Gasteiger partial charge is 0.223 e. The highest BCUT2D eigenvalue weighted by molar-refractivity contribution is 7.16. The molecule has 0 aliphatic carbocycles. The standard InChI is InChI=1S/C17H20ClN3OS/c1-12(22)19-17-20-16(13-5-7-14(18)8-6-13)15(23-17)11-21-9-3-2-4-10-21/h5-8H,2-4,9-11H2,1H3,(H,19,20,22). The molecule has 3 rings (SSSR count). The summed E-state index contributed by atoms with van der Waals surface area (Å²) in [5.41, 5.74) is 1.98. The van der Waals surface area contributed by atoms with E-state index in [1.54, 1.807) is 11.3 Å². The second-order valence-electron chi connectivity index (χ2n) is 5.82. The summed E-state index contributed by atoms with van der Waals surface area (Å²) in [6.07, 6.45) is 3.83. The molecular formula is C17H20ClN3OS. The quantitative estimate of drug-likeness (QED) is 0.889. The average Bonchev–Trinajstić information content (AvgIpc) is 2.90. The Bertz CT molecular complexity index is 678. The fourth-order valence-electron chi connectivity index (χ4n) is 2.82. The van der Waals surface area contributed by atoms with E-state index in [0.29, 0.717) is 10.2 Å². The molecule has 2 heterocycles. The maximum atomic E-state index is 11.3. The van der Waals surface area contributed by atoms with E-state index < -0.39 is 0 Å². The molecule has 122 valence electrons. The van der Waals surface area contributed by atoms with E-state index in [0.717, 1.165) is 30.9 Å². The maximum Gasteiger partial charge on any atom is 0.223 e. The van der Waals surface area contributed by atoms with Gasteiger partial charge in [0.25, 0.3) is 0 Å². The van der Waals surface area contributed by atoms with Gasteiger partial charge in [-0.05, 0) is 38.1 Å². The van der Waals surface area contributed by atoms with Crippen LogP contribution in [0.2, 0.25) is 5.02 Å². The zero-order chi connectivity index (χ0) is 16.2. The number of carbonyl (C=O) groups excluding carboxylic acids is 1. The van der Waals surface area contributed by atoms with Crippen LogP contribution >= 0.6 is 22.9 Å². The Balaban J connectivity index is 1.89. The minimum Gasteiger partial charge on any atom is -0.302 e. The van der Waals surface area contributed by atoms with Gasteiger partial charge in [-0.3, -0.25) is 9.69 Å². The Labute approximate surface area is 145 Å². The lowest BCUT2D eigenvalue weighted by molar-refractivity contribution is -0.114. The number of amides is 1. The maximum absolute atomic E-state index is 11.3. The minimum absolute atomic E-state index is 0.0917. The van der Waals surface area contributed by atoms with Gasteiger partial charge in [0, 0.05) is 28.9 Å². The molecule has 0 radical (unpaired) electrons. The second-order valence-corrected chi connectivity index (χ2v) is 7.34. The zero-order valence-electron chi connectivity index (χ0n) is 13.1. The third kappa shape index (κ3) is 4.31. The summed E-state index contributed by atoms with van der Waals surface area (Å²) in [6.45, 7) is 4.66. The first kappa shape index (κ1) is 16.4. The number of nitrogens with zero attached hydrogens (tertiary/aromatic N) is 2. The summed E-state index contributed by atoms with van der Waals surface area (Å²) in [6, 6.07) is 7.71. The number of hydrogen-bond acceptors (Lipinski definition) is 4. The Morgan fingerprint density at radius 3 is 2.61 bits per heavy atom. The first-order valence-corrected chi connectivity index (χ1v) is 9.07. The topological polar surface area (TPSA) is 45.2 Å². The Hall–Kier alpha value is -1.43. The summed E-state index contributed by atoms with van der Waals surface area (Å²) in [5, 5.41) is 4.18. The molecular weight excluding hydrogens is 330 g/mol. The number of benzene rings is 1. The van der Waals surface area contributed by atoms with Crippen molar-refractivity contribution in [3.05, 3.63) is 34.2 Å². The predicted molar refractivity (Wildman–Crippen MR) is 96.0 cm³/mol. The van der Waals surface area contributed by atoms with Crippen molar-refractivity contribution in [1.29, 1.82) is 0 Å². The van der Waals surface area contributed by atoms with Crippen LogP contribution in [0.1, 0.15) is 31.1 Å². The molecule has 2 aromatic rings. The van der Waals surface area contributed by atoms with Crippen LogP contribution in [0.15, 0.2) is 24.3 Å². The van der Waals surface area contributed by atoms with Gasteiger partial charge in [0.15, 0.2) is 5.13 Å². The molecule has 1 saturated heterocycles. The Morgan fingerprint density at radius 1 is 1.26 bits per heavy atom. The number of hydrogen-bond donors (Lipinski definition) is 1. The molecule has 1 aromatic carbocycles. The predicted octanol–water partition coefficient (Wildman–Crippen LogP) is 4.41. The molecule has 0 bridgehead atoms. The summed E-state index contributed by atoms with van der Waals surface area (Å²) >= 11 is 7.55. The minimum atomic E-state index is -0.0917. The molecule has 1 aromatic heterocycles. The zero-order valence-corrected chi connectivity index (χ0v) is 14.7. The molecule has 0 spiro atoms. The third-order valence-corrected chi connectivity index (χ3v) is 5.12. The highest BCUT2D eigenvalue weighted by Gasteiger charge is 2.18. The van der Waals surface area contributed by atoms with E-state index in [2.05, 4.69) is 15.2 Å². The summed E-state index contributed by atoms with van der Waals surface area (Å²) < 4.78 is 0. The van der Waals surface area contributed by atoms with Gasteiger partial charge in [-0.15, -0.1) is 0 Å². The van der Waals surface area contributed by atoms with Crippen LogP contribution in [0.3, 0.4) is 0 Å². The summed E-state index contributed by atoms with van der Waals surface area (Å²) in [5.74, 6) is -0.0917. The van der Waals surface area contributed by atoms with Crippen molar-refractivity contribution < 1.29 is 4.79 Å². The van der Waals surface area contributed by atoms with Gasteiger partial charge in [0.1, 0.15) is 0 Å². The fourth-order valence-corrected chi connectivity index (χ4v) is 4.02. The van der Waals surface area contributed by atoms with E-state index >= 15 is 0 Å². The van der Waals surface area contributed by atoms with Crippen molar-refractivity contribution in [2.45, 2.75) is 32.7 Å². The first-order chi connectivity index (χ1) is 11.1. The van der Waals surface area contributed by atoms with Crippen LogP contribution in [0, 0.1) is 0 Å². The summed E-state index contributed by atoms with van der Waals surface area (Å²) in [7, 11) is 0. The number of aromatic nitrogens is 1. The van der Waals surface area contributed by atoms with Crippen LogP contribution in [0.4, 0.5) is 5.13 Å². The van der Waals surface area contributed by atoms with Gasteiger partial charge in [0.05, 0.1) is 5.69 Å². The molecule has 0 unspecified atom stereocenters. The second kappa shape index (κ2) is 7.43. The number of piperidine rings is 1. The van der Waals surface area contributed by atoms with Crippen molar-refractivity contribution in [2.24, 2.45) is 0 Å². The molecule has 1 aliphatic rings. The molecule has 6 heteroatoms. The molecule has 1 N–H and O–H groups in total. The van der Waals surface area contributed by atoms with E-state index in [1.807, 2.05) is 24.3 Å². The molecule has 23 heavy (non-hydrogen) atoms. The van der Waals surface area contributed by atoms with Gasteiger partial charge >= 0.3 is 0 Å². The number of rotatable bonds is 4. The molecule has 4 nitrogen and oxygen atoms in total. The van der Waals surface area contributed by atoms with Crippen LogP contribution in [0.5, 0.6) is 0 Å². The molecule has 1 amide bonds. The highest BCUT2D eigenvalue weighted by Crippen LogP contribution is 2.33. The fraction of sp³-hybridized carbons (Fsp3) is 0.412. The lowest BCUT2D eigenvalue weighted by Gasteiger charge is -2.26. The lowest BCUT2D eigenvalue weighted by Crippen LogP contribution is -2.28. The van der Waals surface area contributed by atoms with Gasteiger partial charge in [-0.2, -0.15) is 0 Å². The van der Waals surface area contributed by atoms with Crippen molar-refractivity contribution in [3.63, 3.8) is 0 Å². The van der Waals surface area contributed by atoms with Gasteiger partial charge < -0.3 is 5.32 Å². The number of thiazole rings is 1. The number of nitrogens with one attached hydrogen (secondary N) is 1. The van der Waals surface area contributed by atoms with Crippen molar-refractivity contribution >= 4 is 34.0 Å². The number of carbonyl (C=O) groups is 1. The van der Waals surface area contributed by atoms with Gasteiger partial charge in [-0.25, -0.2) is 4.98 Å². The molecule has 0 atom stereocenters. The van der Waals surface area contributed by atoms with Crippen LogP contribution in [-0.2, 0) is 11.3 Å². The van der Waals surface area contributed by atoms with E-state index in [4.69, 9.17) is 11.6 Å². The Kier molecular flexibility index (Phi) is 5.30. The first-order valence-electron chi connectivity index (χ1n) is 7.87.